The van der Waals surface area contributed by atoms with Crippen LogP contribution in [0.4, 0.5) is 0 Å². The smallest absolute Gasteiger partial charge is 0.302 e. The summed E-state index contributed by atoms with van der Waals surface area (Å²) in [4.78, 5) is 27.2. The van der Waals surface area contributed by atoms with E-state index in [9.17, 15) is 9.59 Å². The first-order valence-electron chi connectivity index (χ1n) is 8.49. The van der Waals surface area contributed by atoms with E-state index in [2.05, 4.69) is 4.98 Å². The average Bonchev–Trinajstić information content (AvgIpc) is 2.93. The third-order valence-corrected chi connectivity index (χ3v) is 5.29. The second kappa shape index (κ2) is 9.73. The Morgan fingerprint density at radius 1 is 1.27 bits per heavy atom. The number of aryl methyl sites for hydroxylation is 1. The summed E-state index contributed by atoms with van der Waals surface area (Å²) < 4.78 is 10.8. The van der Waals surface area contributed by atoms with Gasteiger partial charge in [0.25, 0.3) is 0 Å². The molecule has 0 spiro atoms. The molecule has 0 saturated heterocycles. The molecule has 7 heteroatoms. The average molecular weight is 394 g/mol. The Morgan fingerprint density at radius 3 is 2.69 bits per heavy atom. The van der Waals surface area contributed by atoms with Gasteiger partial charge in [0.05, 0.1) is 6.61 Å². The molecule has 1 N–H and O–H groups in total. The summed E-state index contributed by atoms with van der Waals surface area (Å²) in [6.07, 6.45) is 0.888. The molecular formula is C19H23NO4S2. The summed E-state index contributed by atoms with van der Waals surface area (Å²) in [5, 5.41) is 0.816. The van der Waals surface area contributed by atoms with Crippen LogP contribution < -0.4 is 0 Å². The number of thioether (sulfide) groups is 1. The number of benzene rings is 1. The third-order valence-electron chi connectivity index (χ3n) is 3.86. The number of hydrogen-bond donors (Lipinski definition) is 1. The summed E-state index contributed by atoms with van der Waals surface area (Å²) in [6.45, 7) is 5.82. The standard InChI is InChI=1S/C19H23NO4S2/c1-4-23-19(25)26-14(11-24-13(3)21)9-10-17(22)18-12(2)20-16-8-6-5-7-15(16)18/h5-8,14,20H,4,9-11H2,1-3H3. The second-order valence-electron chi connectivity index (χ2n) is 5.86. The zero-order valence-electron chi connectivity index (χ0n) is 15.2. The molecule has 0 bridgehead atoms. The fourth-order valence-corrected chi connectivity index (χ4v) is 4.08. The number of aromatic amines is 1. The number of thiocarbonyl (C=S) groups is 1. The monoisotopic (exact) mass is 393 g/mol. The number of ether oxygens (including phenoxy) is 2. The number of H-pyrrole nitrogens is 1. The van der Waals surface area contributed by atoms with Crippen molar-refractivity contribution in [2.75, 3.05) is 13.2 Å². The van der Waals surface area contributed by atoms with Gasteiger partial charge in [-0.05, 0) is 38.6 Å². The van der Waals surface area contributed by atoms with E-state index in [1.54, 1.807) is 0 Å². The predicted molar refractivity (Wildman–Crippen MR) is 109 cm³/mol. The Morgan fingerprint density at radius 2 is 2.00 bits per heavy atom. The lowest BCUT2D eigenvalue weighted by atomic mass is 10.0. The molecule has 0 saturated carbocycles. The maximum Gasteiger partial charge on any atom is 0.302 e. The Labute approximate surface area is 162 Å². The normalized spacial score (nSPS) is 12.0. The number of hydrogen-bond acceptors (Lipinski definition) is 6. The molecule has 1 heterocycles. The summed E-state index contributed by atoms with van der Waals surface area (Å²) >= 11 is 6.49. The molecule has 0 aliphatic rings. The number of esters is 1. The predicted octanol–water partition coefficient (Wildman–Crippen LogP) is 4.43. The largest absolute Gasteiger partial charge is 0.479 e. The van der Waals surface area contributed by atoms with Crippen LogP contribution in [0.15, 0.2) is 24.3 Å². The lowest BCUT2D eigenvalue weighted by Crippen LogP contribution is -2.18. The van der Waals surface area contributed by atoms with Gasteiger partial charge < -0.3 is 14.5 Å². The van der Waals surface area contributed by atoms with Crippen LogP contribution in [-0.4, -0.2) is 39.6 Å². The molecule has 0 radical (unpaired) electrons. The minimum absolute atomic E-state index is 0.0655. The zero-order valence-corrected chi connectivity index (χ0v) is 16.8. The Hall–Kier alpha value is -1.86. The summed E-state index contributed by atoms with van der Waals surface area (Å²) in [5.74, 6) is -0.285. The maximum absolute atomic E-state index is 12.8. The molecule has 26 heavy (non-hydrogen) atoms. The van der Waals surface area contributed by atoms with Crippen molar-refractivity contribution >= 4 is 51.0 Å². The highest BCUT2D eigenvalue weighted by Crippen LogP contribution is 2.26. The van der Waals surface area contributed by atoms with Crippen LogP contribution in [0.5, 0.6) is 0 Å². The van der Waals surface area contributed by atoms with E-state index in [1.165, 1.54) is 18.7 Å². The first kappa shape index (κ1) is 20.5. The van der Waals surface area contributed by atoms with Crippen LogP contribution in [0.3, 0.4) is 0 Å². The summed E-state index contributed by atoms with van der Waals surface area (Å²) in [5.41, 5.74) is 2.55. The number of carbonyl (C=O) groups excluding carboxylic acids is 2. The molecular weight excluding hydrogens is 370 g/mol. The SMILES string of the molecule is CCOC(=S)SC(CCC(=O)c1c(C)[nH]c2ccccc12)COC(C)=O. The van der Waals surface area contributed by atoms with Gasteiger partial charge >= 0.3 is 5.97 Å². The van der Waals surface area contributed by atoms with Gasteiger partial charge in [-0.25, -0.2) is 0 Å². The van der Waals surface area contributed by atoms with Crippen molar-refractivity contribution in [1.29, 1.82) is 0 Å². The molecule has 0 fully saturated rings. The topological polar surface area (TPSA) is 68.4 Å². The second-order valence-corrected chi connectivity index (χ2v) is 7.76. The van der Waals surface area contributed by atoms with E-state index in [-0.39, 0.29) is 23.6 Å². The molecule has 1 aromatic heterocycles. The zero-order chi connectivity index (χ0) is 19.1. The quantitative estimate of drug-likeness (QED) is 0.407. The first-order valence-corrected chi connectivity index (χ1v) is 9.78. The molecule has 2 rings (SSSR count). The number of Topliss-reactive ketones (excluding diaryl/α,β-unsaturated/α-hetero) is 1. The Balaban J connectivity index is 2.05. The molecule has 0 aliphatic carbocycles. The van der Waals surface area contributed by atoms with Gasteiger partial charge in [0.1, 0.15) is 6.61 Å². The number of carbonyl (C=O) groups is 2. The summed E-state index contributed by atoms with van der Waals surface area (Å²) in [6, 6.07) is 7.76. The van der Waals surface area contributed by atoms with Gasteiger partial charge in [-0.1, -0.05) is 30.0 Å². The van der Waals surface area contributed by atoms with E-state index < -0.39 is 0 Å². The van der Waals surface area contributed by atoms with Crippen LogP contribution in [0, 0.1) is 6.92 Å². The maximum atomic E-state index is 12.8. The minimum atomic E-state index is -0.350. The number of nitrogens with one attached hydrogen (secondary N) is 1. The molecule has 5 nitrogen and oxygen atoms in total. The van der Waals surface area contributed by atoms with E-state index in [1.807, 2.05) is 38.1 Å². The highest BCUT2D eigenvalue weighted by molar-refractivity contribution is 8.23. The van der Waals surface area contributed by atoms with Crippen molar-refractivity contribution < 1.29 is 19.1 Å². The van der Waals surface area contributed by atoms with Crippen molar-refractivity contribution in [3.63, 3.8) is 0 Å². The van der Waals surface area contributed by atoms with E-state index in [0.717, 1.165) is 22.2 Å². The Kier molecular flexibility index (Phi) is 7.66. The number of fused-ring (bicyclic) bond motifs is 1. The molecule has 1 aromatic carbocycles. The number of aromatic nitrogens is 1. The van der Waals surface area contributed by atoms with Crippen LogP contribution in [0.2, 0.25) is 0 Å². The van der Waals surface area contributed by atoms with Crippen LogP contribution >= 0.6 is 24.0 Å². The molecule has 0 aliphatic heterocycles. The van der Waals surface area contributed by atoms with Gasteiger partial charge in [0, 0.05) is 40.8 Å². The highest BCUT2D eigenvalue weighted by atomic mass is 32.2. The molecule has 1 unspecified atom stereocenters. The van der Waals surface area contributed by atoms with E-state index in [0.29, 0.717) is 23.8 Å². The fourth-order valence-electron chi connectivity index (χ4n) is 2.73. The van der Waals surface area contributed by atoms with Gasteiger partial charge in [-0.15, -0.1) is 0 Å². The van der Waals surface area contributed by atoms with Crippen molar-refractivity contribution in [3.05, 3.63) is 35.5 Å². The molecule has 0 amide bonds. The van der Waals surface area contributed by atoms with Crippen molar-refractivity contribution in [1.82, 2.24) is 4.98 Å². The van der Waals surface area contributed by atoms with Gasteiger partial charge in [0.15, 0.2) is 5.78 Å². The number of para-hydroxylation sites is 1. The van der Waals surface area contributed by atoms with E-state index >= 15 is 0 Å². The van der Waals surface area contributed by atoms with Crippen LogP contribution in [0.1, 0.15) is 42.7 Å². The Bertz CT molecular complexity index is 800. The van der Waals surface area contributed by atoms with Crippen molar-refractivity contribution in [2.24, 2.45) is 0 Å². The lowest BCUT2D eigenvalue weighted by molar-refractivity contribution is -0.140. The van der Waals surface area contributed by atoms with E-state index in [4.69, 9.17) is 21.7 Å². The number of ketones is 1. The lowest BCUT2D eigenvalue weighted by Gasteiger charge is -2.16. The number of rotatable bonds is 8. The van der Waals surface area contributed by atoms with Crippen molar-refractivity contribution in [3.8, 4) is 0 Å². The highest BCUT2D eigenvalue weighted by Gasteiger charge is 2.20. The van der Waals surface area contributed by atoms with Gasteiger partial charge in [-0.2, -0.15) is 0 Å². The van der Waals surface area contributed by atoms with Crippen molar-refractivity contribution in [2.45, 2.75) is 38.9 Å². The fraction of sp³-hybridized carbons (Fsp3) is 0.421. The van der Waals surface area contributed by atoms with Crippen LogP contribution in [0.25, 0.3) is 10.9 Å². The molecule has 2 aromatic rings. The van der Waals surface area contributed by atoms with Gasteiger partial charge in [-0.3, -0.25) is 9.59 Å². The summed E-state index contributed by atoms with van der Waals surface area (Å²) in [7, 11) is 0. The first-order chi connectivity index (χ1) is 12.4. The minimum Gasteiger partial charge on any atom is -0.479 e. The molecule has 140 valence electrons. The van der Waals surface area contributed by atoms with Gasteiger partial charge in [0.2, 0.25) is 4.38 Å². The third kappa shape index (κ3) is 5.57. The molecule has 1 atom stereocenters. The van der Waals surface area contributed by atoms with Crippen LogP contribution in [-0.2, 0) is 14.3 Å².